The van der Waals surface area contributed by atoms with Gasteiger partial charge in [0.25, 0.3) is 0 Å². The fourth-order valence-electron chi connectivity index (χ4n) is 3.46. The van der Waals surface area contributed by atoms with E-state index in [0.29, 0.717) is 18.2 Å². The molecule has 4 rings (SSSR count). The first kappa shape index (κ1) is 15.6. The number of rotatable bonds is 4. The normalized spacial score (nSPS) is 16.2. The van der Waals surface area contributed by atoms with Crippen molar-refractivity contribution in [1.29, 1.82) is 0 Å². The Hall–Kier alpha value is -2.95. The molecule has 5 nitrogen and oxygen atoms in total. The topological polar surface area (TPSA) is 70.7 Å². The lowest BCUT2D eigenvalue weighted by molar-refractivity contribution is -0.117. The number of H-pyrrole nitrogens is 1. The molecule has 0 fully saturated rings. The third kappa shape index (κ3) is 3.60. The molecule has 1 aliphatic carbocycles. The van der Waals surface area contributed by atoms with Crippen LogP contribution in [-0.2, 0) is 17.6 Å². The maximum Gasteiger partial charge on any atom is 0.225 e. The van der Waals surface area contributed by atoms with E-state index < -0.39 is 0 Å². The maximum atomic E-state index is 12.4. The largest absolute Gasteiger partial charge is 0.309 e. The number of nitrogens with one attached hydrogen (secondary N) is 2. The number of hydrogen-bond donors (Lipinski definition) is 2. The second-order valence-electron chi connectivity index (χ2n) is 6.54. The number of carbonyl (C=O) groups is 1. The van der Waals surface area contributed by atoms with Crippen molar-refractivity contribution in [1.82, 2.24) is 15.2 Å². The monoisotopic (exact) mass is 332 g/mol. The van der Waals surface area contributed by atoms with Gasteiger partial charge < -0.3 is 5.32 Å². The Morgan fingerprint density at radius 1 is 1.20 bits per heavy atom. The quantitative estimate of drug-likeness (QED) is 0.767. The smallest absolute Gasteiger partial charge is 0.225 e. The van der Waals surface area contributed by atoms with E-state index in [-0.39, 0.29) is 5.91 Å². The molecule has 1 aromatic carbocycles. The van der Waals surface area contributed by atoms with Crippen molar-refractivity contribution in [3.8, 4) is 11.3 Å². The lowest BCUT2D eigenvalue weighted by Crippen LogP contribution is -2.21. The number of fused-ring (bicyclic) bond motifs is 1. The highest BCUT2D eigenvalue weighted by Crippen LogP contribution is 2.27. The molecule has 1 atom stereocenters. The summed E-state index contributed by atoms with van der Waals surface area (Å²) in [5, 5.41) is 10.0. The summed E-state index contributed by atoms with van der Waals surface area (Å²) in [7, 11) is 0. The Labute approximate surface area is 146 Å². The Bertz CT molecular complexity index is 872. The number of anilines is 1. The van der Waals surface area contributed by atoms with E-state index in [0.717, 1.165) is 30.5 Å². The molecule has 0 radical (unpaired) electrons. The molecule has 3 aromatic rings. The molecule has 0 spiro atoms. The SMILES string of the molecule is O=C(CC1CCc2ccccc2C1)Nc1cc(-c2cccnc2)[nH]n1. The van der Waals surface area contributed by atoms with E-state index in [9.17, 15) is 4.79 Å². The van der Waals surface area contributed by atoms with Gasteiger partial charge in [-0.3, -0.25) is 14.9 Å². The van der Waals surface area contributed by atoms with Gasteiger partial charge in [0.15, 0.2) is 5.82 Å². The number of amides is 1. The summed E-state index contributed by atoms with van der Waals surface area (Å²) in [5.41, 5.74) is 4.59. The maximum absolute atomic E-state index is 12.4. The zero-order chi connectivity index (χ0) is 17.1. The minimum Gasteiger partial charge on any atom is -0.309 e. The molecule has 0 saturated carbocycles. The number of aromatic amines is 1. The fourth-order valence-corrected chi connectivity index (χ4v) is 3.46. The second kappa shape index (κ2) is 6.89. The van der Waals surface area contributed by atoms with Crippen LogP contribution in [0.3, 0.4) is 0 Å². The van der Waals surface area contributed by atoms with Gasteiger partial charge in [0.05, 0.1) is 5.69 Å². The number of nitrogens with zero attached hydrogens (tertiary/aromatic N) is 2. The van der Waals surface area contributed by atoms with Crippen LogP contribution < -0.4 is 5.32 Å². The van der Waals surface area contributed by atoms with Gasteiger partial charge >= 0.3 is 0 Å². The van der Waals surface area contributed by atoms with E-state index in [1.807, 2.05) is 18.2 Å². The van der Waals surface area contributed by atoms with Crippen LogP contribution >= 0.6 is 0 Å². The second-order valence-corrected chi connectivity index (χ2v) is 6.54. The Morgan fingerprint density at radius 2 is 2.08 bits per heavy atom. The van der Waals surface area contributed by atoms with Crippen LogP contribution in [0, 0.1) is 5.92 Å². The Morgan fingerprint density at radius 3 is 2.92 bits per heavy atom. The van der Waals surface area contributed by atoms with Crippen molar-refractivity contribution in [2.45, 2.75) is 25.7 Å². The Balaban J connectivity index is 1.36. The van der Waals surface area contributed by atoms with Crippen LogP contribution in [0.2, 0.25) is 0 Å². The molecule has 1 aliphatic rings. The van der Waals surface area contributed by atoms with Crippen molar-refractivity contribution in [3.63, 3.8) is 0 Å². The standard InChI is InChI=1S/C20H20N4O/c25-20(11-14-7-8-15-4-1-2-5-16(15)10-14)22-19-12-18(23-24-19)17-6-3-9-21-13-17/h1-6,9,12-14H,7-8,10-11H2,(H2,22,23,24,25). The molecular formula is C20H20N4O. The average molecular weight is 332 g/mol. The first-order valence-electron chi connectivity index (χ1n) is 8.60. The Kier molecular flexibility index (Phi) is 4.29. The van der Waals surface area contributed by atoms with Crippen molar-refractivity contribution in [2.24, 2.45) is 5.92 Å². The summed E-state index contributed by atoms with van der Waals surface area (Å²) in [6.45, 7) is 0. The van der Waals surface area contributed by atoms with E-state index >= 15 is 0 Å². The molecule has 1 unspecified atom stereocenters. The van der Waals surface area contributed by atoms with E-state index in [4.69, 9.17) is 0 Å². The van der Waals surface area contributed by atoms with Crippen LogP contribution in [0.25, 0.3) is 11.3 Å². The number of benzene rings is 1. The fraction of sp³-hybridized carbons (Fsp3) is 0.250. The molecule has 0 bridgehead atoms. The van der Waals surface area contributed by atoms with Crippen LogP contribution in [0.5, 0.6) is 0 Å². The van der Waals surface area contributed by atoms with Gasteiger partial charge in [-0.2, -0.15) is 5.10 Å². The van der Waals surface area contributed by atoms with Gasteiger partial charge in [-0.1, -0.05) is 24.3 Å². The molecule has 5 heteroatoms. The number of aryl methyl sites for hydroxylation is 1. The van der Waals surface area contributed by atoms with Gasteiger partial charge in [0, 0.05) is 30.4 Å². The number of carbonyl (C=O) groups excluding carboxylic acids is 1. The molecule has 25 heavy (non-hydrogen) atoms. The third-order valence-corrected chi connectivity index (χ3v) is 4.74. The van der Waals surface area contributed by atoms with Gasteiger partial charge in [-0.05, 0) is 48.4 Å². The zero-order valence-electron chi connectivity index (χ0n) is 13.9. The van der Waals surface area contributed by atoms with E-state index in [2.05, 4.69) is 44.8 Å². The lowest BCUT2D eigenvalue weighted by atomic mass is 9.82. The van der Waals surface area contributed by atoms with Crippen molar-refractivity contribution in [2.75, 3.05) is 5.32 Å². The summed E-state index contributed by atoms with van der Waals surface area (Å²) >= 11 is 0. The molecule has 0 aliphatic heterocycles. The van der Waals surface area contributed by atoms with Gasteiger partial charge in [0.2, 0.25) is 5.91 Å². The highest BCUT2D eigenvalue weighted by molar-refractivity contribution is 5.90. The van der Waals surface area contributed by atoms with Gasteiger partial charge in [0.1, 0.15) is 0 Å². The minimum atomic E-state index is 0.0219. The van der Waals surface area contributed by atoms with Crippen LogP contribution in [0.1, 0.15) is 24.0 Å². The summed E-state index contributed by atoms with van der Waals surface area (Å²) in [6, 6.07) is 14.2. The molecule has 2 N–H and O–H groups in total. The minimum absolute atomic E-state index is 0.0219. The number of hydrogen-bond acceptors (Lipinski definition) is 3. The third-order valence-electron chi connectivity index (χ3n) is 4.74. The predicted molar refractivity (Wildman–Crippen MR) is 97.0 cm³/mol. The summed E-state index contributed by atoms with van der Waals surface area (Å²) in [6.07, 6.45) is 7.12. The molecule has 1 amide bonds. The highest BCUT2D eigenvalue weighted by atomic mass is 16.1. The van der Waals surface area contributed by atoms with Crippen molar-refractivity contribution in [3.05, 3.63) is 66.0 Å². The predicted octanol–water partition coefficient (Wildman–Crippen LogP) is 3.61. The molecule has 2 aromatic heterocycles. The van der Waals surface area contributed by atoms with Crippen molar-refractivity contribution >= 4 is 11.7 Å². The first-order valence-corrected chi connectivity index (χ1v) is 8.60. The average Bonchev–Trinajstić information content (AvgIpc) is 3.10. The van der Waals surface area contributed by atoms with Gasteiger partial charge in [-0.25, -0.2) is 0 Å². The molecule has 0 saturated heterocycles. The number of aromatic nitrogens is 3. The molecular weight excluding hydrogens is 312 g/mol. The van der Waals surface area contributed by atoms with Crippen LogP contribution in [0.15, 0.2) is 54.9 Å². The van der Waals surface area contributed by atoms with Crippen LogP contribution in [0.4, 0.5) is 5.82 Å². The van der Waals surface area contributed by atoms with E-state index in [1.165, 1.54) is 11.1 Å². The van der Waals surface area contributed by atoms with Crippen LogP contribution in [-0.4, -0.2) is 21.1 Å². The first-order chi connectivity index (χ1) is 12.3. The summed E-state index contributed by atoms with van der Waals surface area (Å²) < 4.78 is 0. The molecule has 126 valence electrons. The molecule has 2 heterocycles. The highest BCUT2D eigenvalue weighted by Gasteiger charge is 2.21. The zero-order valence-corrected chi connectivity index (χ0v) is 13.9. The summed E-state index contributed by atoms with van der Waals surface area (Å²) in [4.78, 5) is 16.5. The van der Waals surface area contributed by atoms with E-state index in [1.54, 1.807) is 12.4 Å². The van der Waals surface area contributed by atoms with Gasteiger partial charge in [-0.15, -0.1) is 0 Å². The summed E-state index contributed by atoms with van der Waals surface area (Å²) in [5.74, 6) is 0.973. The van der Waals surface area contributed by atoms with Crippen molar-refractivity contribution < 1.29 is 4.79 Å². The number of pyridine rings is 1. The lowest BCUT2D eigenvalue weighted by Gasteiger charge is -2.23.